The maximum absolute atomic E-state index is 4.33. The molecule has 0 saturated heterocycles. The highest BCUT2D eigenvalue weighted by molar-refractivity contribution is 5.75. The molecule has 1 aliphatic heterocycles. The SMILES string of the molecule is C1=CC(c2[nH]cnc2-c2ccc[nH]2)N=C1. The predicted molar refractivity (Wildman–Crippen MR) is 58.7 cm³/mol. The lowest BCUT2D eigenvalue weighted by atomic mass is 10.1. The first-order valence-corrected chi connectivity index (χ1v) is 4.82. The minimum atomic E-state index is 0.0748. The lowest BCUT2D eigenvalue weighted by Gasteiger charge is -2.04. The van der Waals surface area contributed by atoms with Crippen molar-refractivity contribution in [2.24, 2.45) is 4.99 Å². The van der Waals surface area contributed by atoms with E-state index in [4.69, 9.17) is 0 Å². The van der Waals surface area contributed by atoms with E-state index in [0.717, 1.165) is 17.1 Å². The Morgan fingerprint density at radius 2 is 2.27 bits per heavy atom. The molecular formula is C11H10N4. The van der Waals surface area contributed by atoms with Crippen LogP contribution in [0.5, 0.6) is 0 Å². The van der Waals surface area contributed by atoms with Crippen LogP contribution in [0.1, 0.15) is 11.7 Å². The van der Waals surface area contributed by atoms with Gasteiger partial charge in [-0.3, -0.25) is 4.99 Å². The van der Waals surface area contributed by atoms with Gasteiger partial charge in [0.1, 0.15) is 11.7 Å². The van der Waals surface area contributed by atoms with Gasteiger partial charge in [0.05, 0.1) is 17.7 Å². The highest BCUT2D eigenvalue weighted by Gasteiger charge is 2.16. The molecule has 15 heavy (non-hydrogen) atoms. The Morgan fingerprint density at radius 1 is 1.27 bits per heavy atom. The Hall–Kier alpha value is -2.10. The second kappa shape index (κ2) is 3.24. The smallest absolute Gasteiger partial charge is 0.110 e. The Kier molecular flexibility index (Phi) is 1.78. The molecular weight excluding hydrogens is 188 g/mol. The van der Waals surface area contributed by atoms with Crippen molar-refractivity contribution in [3.05, 3.63) is 42.5 Å². The standard InChI is InChI=1S/C11H10N4/c1-3-8(12-5-1)10-11(15-7-14-10)9-4-2-6-13-9/h1-8,13H,(H,14,15). The maximum atomic E-state index is 4.33. The minimum Gasteiger partial charge on any atom is -0.360 e. The van der Waals surface area contributed by atoms with E-state index in [-0.39, 0.29) is 6.04 Å². The van der Waals surface area contributed by atoms with Crippen LogP contribution in [0, 0.1) is 0 Å². The van der Waals surface area contributed by atoms with Gasteiger partial charge < -0.3 is 9.97 Å². The zero-order valence-corrected chi connectivity index (χ0v) is 8.01. The van der Waals surface area contributed by atoms with Crippen LogP contribution >= 0.6 is 0 Å². The molecule has 4 nitrogen and oxygen atoms in total. The summed E-state index contributed by atoms with van der Waals surface area (Å²) in [5.41, 5.74) is 2.98. The van der Waals surface area contributed by atoms with E-state index in [1.54, 1.807) is 6.33 Å². The quantitative estimate of drug-likeness (QED) is 0.762. The number of aromatic nitrogens is 3. The number of nitrogens with one attached hydrogen (secondary N) is 2. The number of H-pyrrole nitrogens is 2. The lowest BCUT2D eigenvalue weighted by Crippen LogP contribution is -1.93. The van der Waals surface area contributed by atoms with Crippen LogP contribution in [0.4, 0.5) is 0 Å². The molecule has 0 amide bonds. The molecule has 0 saturated carbocycles. The van der Waals surface area contributed by atoms with Gasteiger partial charge in [-0.2, -0.15) is 0 Å². The van der Waals surface area contributed by atoms with Crippen molar-refractivity contribution in [1.29, 1.82) is 0 Å². The zero-order valence-electron chi connectivity index (χ0n) is 8.01. The van der Waals surface area contributed by atoms with Crippen molar-refractivity contribution in [1.82, 2.24) is 15.0 Å². The van der Waals surface area contributed by atoms with Gasteiger partial charge in [0, 0.05) is 12.4 Å². The number of aromatic amines is 2. The molecule has 1 unspecified atom stereocenters. The first-order valence-electron chi connectivity index (χ1n) is 4.82. The van der Waals surface area contributed by atoms with Crippen molar-refractivity contribution in [2.75, 3.05) is 0 Å². The van der Waals surface area contributed by atoms with Crippen LogP contribution in [0.25, 0.3) is 11.4 Å². The molecule has 1 atom stereocenters. The molecule has 0 aliphatic carbocycles. The zero-order chi connectivity index (χ0) is 10.1. The van der Waals surface area contributed by atoms with Crippen LogP contribution in [0.15, 0.2) is 41.8 Å². The van der Waals surface area contributed by atoms with Gasteiger partial charge in [0.15, 0.2) is 0 Å². The average Bonchev–Trinajstić information content (AvgIpc) is 3.01. The normalized spacial score (nSPS) is 18.8. The molecule has 0 spiro atoms. The van der Waals surface area contributed by atoms with Crippen molar-refractivity contribution in [3.8, 4) is 11.4 Å². The van der Waals surface area contributed by atoms with Gasteiger partial charge in [0.25, 0.3) is 0 Å². The van der Waals surface area contributed by atoms with Crippen molar-refractivity contribution < 1.29 is 0 Å². The number of imidazole rings is 1. The van der Waals surface area contributed by atoms with Gasteiger partial charge >= 0.3 is 0 Å². The molecule has 0 aromatic carbocycles. The maximum Gasteiger partial charge on any atom is 0.110 e. The van der Waals surface area contributed by atoms with Crippen molar-refractivity contribution >= 4 is 6.21 Å². The van der Waals surface area contributed by atoms with E-state index in [1.807, 2.05) is 36.7 Å². The van der Waals surface area contributed by atoms with Gasteiger partial charge in [-0.25, -0.2) is 4.98 Å². The summed E-state index contributed by atoms with van der Waals surface area (Å²) in [6.45, 7) is 0. The Balaban J connectivity index is 2.06. The van der Waals surface area contributed by atoms with Crippen LogP contribution < -0.4 is 0 Å². The van der Waals surface area contributed by atoms with Crippen LogP contribution in [0.2, 0.25) is 0 Å². The lowest BCUT2D eigenvalue weighted by molar-refractivity contribution is 0.896. The van der Waals surface area contributed by atoms with Crippen LogP contribution in [-0.2, 0) is 0 Å². The largest absolute Gasteiger partial charge is 0.360 e. The number of nitrogens with zero attached hydrogens (tertiary/aromatic N) is 2. The van der Waals surface area contributed by atoms with Gasteiger partial charge in [-0.1, -0.05) is 6.08 Å². The summed E-state index contributed by atoms with van der Waals surface area (Å²) in [5, 5.41) is 0. The number of rotatable bonds is 2. The second-order valence-electron chi connectivity index (χ2n) is 3.38. The van der Waals surface area contributed by atoms with Gasteiger partial charge in [-0.15, -0.1) is 0 Å². The molecule has 0 fully saturated rings. The Labute approximate surface area is 86.8 Å². The van der Waals surface area contributed by atoms with E-state index >= 15 is 0 Å². The van der Waals surface area contributed by atoms with E-state index in [2.05, 4.69) is 19.9 Å². The summed E-state index contributed by atoms with van der Waals surface area (Å²) < 4.78 is 0. The third-order valence-corrected chi connectivity index (χ3v) is 2.44. The number of hydrogen-bond acceptors (Lipinski definition) is 2. The van der Waals surface area contributed by atoms with Crippen LogP contribution in [0.3, 0.4) is 0 Å². The van der Waals surface area contributed by atoms with Gasteiger partial charge in [-0.05, 0) is 18.2 Å². The average molecular weight is 198 g/mol. The topological polar surface area (TPSA) is 56.8 Å². The summed E-state index contributed by atoms with van der Waals surface area (Å²) in [7, 11) is 0. The molecule has 2 aromatic heterocycles. The predicted octanol–water partition coefficient (Wildman–Crippen LogP) is 2.09. The van der Waals surface area contributed by atoms with Crippen molar-refractivity contribution in [3.63, 3.8) is 0 Å². The Bertz CT molecular complexity index is 492. The highest BCUT2D eigenvalue weighted by atomic mass is 15.0. The molecule has 1 aliphatic rings. The molecule has 2 aromatic rings. The molecule has 2 N–H and O–H groups in total. The monoisotopic (exact) mass is 198 g/mol. The molecule has 74 valence electrons. The molecule has 3 rings (SSSR count). The minimum absolute atomic E-state index is 0.0748. The number of aliphatic imine (C=N–C) groups is 1. The highest BCUT2D eigenvalue weighted by Crippen LogP contribution is 2.28. The first-order chi connectivity index (χ1) is 7.45. The summed E-state index contributed by atoms with van der Waals surface area (Å²) >= 11 is 0. The second-order valence-corrected chi connectivity index (χ2v) is 3.38. The fraction of sp³-hybridized carbons (Fsp3) is 0.0909. The molecule has 0 bridgehead atoms. The number of allylic oxidation sites excluding steroid dienone is 1. The summed E-state index contributed by atoms with van der Waals surface area (Å²) in [4.78, 5) is 14.9. The van der Waals surface area contributed by atoms with E-state index in [9.17, 15) is 0 Å². The van der Waals surface area contributed by atoms with E-state index in [0.29, 0.717) is 0 Å². The van der Waals surface area contributed by atoms with E-state index in [1.165, 1.54) is 0 Å². The number of hydrogen-bond donors (Lipinski definition) is 2. The third-order valence-electron chi connectivity index (χ3n) is 2.44. The molecule has 0 radical (unpaired) electrons. The summed E-state index contributed by atoms with van der Waals surface area (Å²) in [6.07, 6.45) is 9.39. The Morgan fingerprint density at radius 3 is 3.00 bits per heavy atom. The first kappa shape index (κ1) is 8.23. The van der Waals surface area contributed by atoms with E-state index < -0.39 is 0 Å². The van der Waals surface area contributed by atoms with Crippen molar-refractivity contribution in [2.45, 2.75) is 6.04 Å². The van der Waals surface area contributed by atoms with Crippen LogP contribution in [-0.4, -0.2) is 21.2 Å². The fourth-order valence-corrected chi connectivity index (χ4v) is 1.74. The molecule has 4 heteroatoms. The third kappa shape index (κ3) is 1.30. The summed E-state index contributed by atoms with van der Waals surface area (Å²) in [5.74, 6) is 0. The van der Waals surface area contributed by atoms with Gasteiger partial charge in [0.2, 0.25) is 0 Å². The fourth-order valence-electron chi connectivity index (χ4n) is 1.74. The summed E-state index contributed by atoms with van der Waals surface area (Å²) in [6, 6.07) is 4.04. The molecule has 3 heterocycles.